The van der Waals surface area contributed by atoms with Crippen molar-refractivity contribution in [3.05, 3.63) is 71.8 Å². The topological polar surface area (TPSA) is 102 Å². The number of benzene rings is 2. The first-order valence-corrected chi connectivity index (χ1v) is 9.73. The van der Waals surface area contributed by atoms with Crippen molar-refractivity contribution in [2.45, 2.75) is 30.7 Å². The van der Waals surface area contributed by atoms with E-state index in [-0.39, 0.29) is 16.5 Å². The molecular formula is C20H19BrO7. The number of alkyl halides is 1. The number of hydrogen-bond acceptors (Lipinski definition) is 7. The lowest BCUT2D eigenvalue weighted by atomic mass is 9.99. The number of hydrogen-bond donors (Lipinski definition) is 2. The van der Waals surface area contributed by atoms with Gasteiger partial charge >= 0.3 is 11.9 Å². The number of esters is 2. The number of carbonyl (C=O) groups excluding carboxylic acids is 2. The van der Waals surface area contributed by atoms with Crippen molar-refractivity contribution in [1.29, 1.82) is 0 Å². The van der Waals surface area contributed by atoms with Gasteiger partial charge in [0.1, 0.15) is 12.2 Å². The summed E-state index contributed by atoms with van der Waals surface area (Å²) < 4.78 is 16.1. The largest absolute Gasteiger partial charge is 0.452 e. The Morgan fingerprint density at radius 3 is 1.79 bits per heavy atom. The molecule has 8 heteroatoms. The molecule has 3 rings (SSSR count). The van der Waals surface area contributed by atoms with Gasteiger partial charge in [-0.3, -0.25) is 0 Å². The van der Waals surface area contributed by atoms with Crippen molar-refractivity contribution in [3.63, 3.8) is 0 Å². The maximum Gasteiger partial charge on any atom is 0.338 e. The standard InChI is InChI=1S/C20H19BrO7/c21-11-14-15(22)16(27-18(23)12-7-3-1-4-8-12)17(20(25)26-14)28-19(24)13-9-5-2-6-10-13/h1-10,14-17,20,22,25H,11H2/t14-,15-,16+,17-,20+/m1/s1. The van der Waals surface area contributed by atoms with Crippen LogP contribution in [0.2, 0.25) is 0 Å². The molecule has 2 N–H and O–H groups in total. The monoisotopic (exact) mass is 450 g/mol. The Balaban J connectivity index is 1.82. The zero-order valence-corrected chi connectivity index (χ0v) is 16.3. The van der Waals surface area contributed by atoms with Crippen molar-refractivity contribution < 1.29 is 34.0 Å². The molecule has 0 amide bonds. The highest BCUT2D eigenvalue weighted by atomic mass is 79.9. The minimum atomic E-state index is -1.58. The number of carbonyl (C=O) groups is 2. The summed E-state index contributed by atoms with van der Waals surface area (Å²) in [5, 5.41) is 21.1. The number of aliphatic hydroxyl groups excluding tert-OH is 2. The molecule has 1 aliphatic heterocycles. The summed E-state index contributed by atoms with van der Waals surface area (Å²) in [6, 6.07) is 16.3. The maximum absolute atomic E-state index is 12.5. The molecule has 2 aromatic carbocycles. The number of ether oxygens (including phenoxy) is 3. The summed E-state index contributed by atoms with van der Waals surface area (Å²) in [4.78, 5) is 24.9. The van der Waals surface area contributed by atoms with E-state index in [9.17, 15) is 19.8 Å². The second kappa shape index (κ2) is 9.29. The first-order chi connectivity index (χ1) is 13.5. The SMILES string of the molecule is O=C(O[C@@H]1[C@@H](OC(=O)c2ccccc2)[C@H](O)[C@@H](CBr)O[C@@H]1O)c1ccccc1. The first-order valence-electron chi connectivity index (χ1n) is 8.61. The third kappa shape index (κ3) is 4.59. The number of halogens is 1. The third-order valence-electron chi connectivity index (χ3n) is 4.29. The number of aliphatic hydroxyl groups is 2. The minimum absolute atomic E-state index is 0.184. The predicted molar refractivity (Wildman–Crippen MR) is 102 cm³/mol. The molecule has 2 aromatic rings. The van der Waals surface area contributed by atoms with Gasteiger partial charge in [0.2, 0.25) is 0 Å². The Morgan fingerprint density at radius 1 is 0.857 bits per heavy atom. The van der Waals surface area contributed by atoms with Gasteiger partial charge < -0.3 is 24.4 Å². The van der Waals surface area contributed by atoms with Gasteiger partial charge in [-0.1, -0.05) is 52.3 Å². The van der Waals surface area contributed by atoms with E-state index in [1.54, 1.807) is 60.7 Å². The minimum Gasteiger partial charge on any atom is -0.452 e. The van der Waals surface area contributed by atoms with Crippen LogP contribution < -0.4 is 0 Å². The Labute approximate surface area is 170 Å². The summed E-state index contributed by atoms with van der Waals surface area (Å²) in [7, 11) is 0. The molecule has 7 nitrogen and oxygen atoms in total. The highest BCUT2D eigenvalue weighted by Crippen LogP contribution is 2.27. The average molecular weight is 451 g/mol. The van der Waals surface area contributed by atoms with Crippen molar-refractivity contribution in [2.75, 3.05) is 5.33 Å². The second-order valence-corrected chi connectivity index (χ2v) is 6.83. The third-order valence-corrected chi connectivity index (χ3v) is 4.93. The first kappa shape index (κ1) is 20.5. The molecule has 0 saturated carbocycles. The van der Waals surface area contributed by atoms with Crippen LogP contribution in [-0.4, -0.2) is 58.2 Å². The van der Waals surface area contributed by atoms with Crippen LogP contribution in [0.1, 0.15) is 20.7 Å². The van der Waals surface area contributed by atoms with Crippen LogP contribution >= 0.6 is 15.9 Å². The summed E-state index contributed by atoms with van der Waals surface area (Å²) >= 11 is 3.18. The van der Waals surface area contributed by atoms with E-state index in [1.165, 1.54) is 0 Å². The molecule has 148 valence electrons. The maximum atomic E-state index is 12.5. The van der Waals surface area contributed by atoms with E-state index in [2.05, 4.69) is 15.9 Å². The molecule has 0 aromatic heterocycles. The van der Waals surface area contributed by atoms with E-state index in [1.807, 2.05) is 0 Å². The van der Waals surface area contributed by atoms with Gasteiger partial charge in [-0.15, -0.1) is 0 Å². The molecule has 1 fully saturated rings. The van der Waals surface area contributed by atoms with E-state index < -0.39 is 42.6 Å². The lowest BCUT2D eigenvalue weighted by Crippen LogP contribution is -2.60. The molecule has 0 radical (unpaired) electrons. The highest BCUT2D eigenvalue weighted by molar-refractivity contribution is 9.09. The van der Waals surface area contributed by atoms with Crippen LogP contribution in [0.25, 0.3) is 0 Å². The second-order valence-electron chi connectivity index (χ2n) is 6.18. The van der Waals surface area contributed by atoms with Gasteiger partial charge in [-0.05, 0) is 24.3 Å². The summed E-state index contributed by atoms with van der Waals surface area (Å²) in [6.07, 6.45) is -6.45. The Kier molecular flexibility index (Phi) is 6.79. The van der Waals surface area contributed by atoms with E-state index >= 15 is 0 Å². The van der Waals surface area contributed by atoms with E-state index in [0.717, 1.165) is 0 Å². The van der Waals surface area contributed by atoms with Crippen LogP contribution in [0.5, 0.6) is 0 Å². The molecule has 1 heterocycles. The normalized spacial score (nSPS) is 27.0. The van der Waals surface area contributed by atoms with Gasteiger partial charge in [0, 0.05) is 5.33 Å². The molecule has 0 spiro atoms. The molecule has 1 aliphatic rings. The fraction of sp³-hybridized carbons (Fsp3) is 0.300. The fourth-order valence-electron chi connectivity index (χ4n) is 2.83. The summed E-state index contributed by atoms with van der Waals surface area (Å²) in [6.45, 7) is 0. The zero-order chi connectivity index (χ0) is 20.1. The van der Waals surface area contributed by atoms with Gasteiger partial charge in [0.25, 0.3) is 0 Å². The fourth-order valence-corrected chi connectivity index (χ4v) is 3.36. The average Bonchev–Trinajstić information content (AvgIpc) is 2.73. The van der Waals surface area contributed by atoms with Gasteiger partial charge in [0.05, 0.1) is 11.1 Å². The molecule has 0 unspecified atom stereocenters. The van der Waals surface area contributed by atoms with Crippen LogP contribution in [-0.2, 0) is 14.2 Å². The molecule has 28 heavy (non-hydrogen) atoms. The zero-order valence-electron chi connectivity index (χ0n) is 14.7. The van der Waals surface area contributed by atoms with Gasteiger partial charge in [-0.2, -0.15) is 0 Å². The quantitative estimate of drug-likeness (QED) is 0.529. The smallest absolute Gasteiger partial charge is 0.338 e. The van der Waals surface area contributed by atoms with E-state index in [4.69, 9.17) is 14.2 Å². The molecule has 1 saturated heterocycles. The Hall–Kier alpha value is -2.26. The van der Waals surface area contributed by atoms with Crippen molar-refractivity contribution in [2.24, 2.45) is 0 Å². The van der Waals surface area contributed by atoms with Crippen molar-refractivity contribution >= 4 is 27.9 Å². The molecule has 0 aliphatic carbocycles. The predicted octanol–water partition coefficient (Wildman–Crippen LogP) is 1.91. The lowest BCUT2D eigenvalue weighted by molar-refractivity contribution is -0.274. The van der Waals surface area contributed by atoms with Crippen LogP contribution in [0.15, 0.2) is 60.7 Å². The lowest BCUT2D eigenvalue weighted by Gasteiger charge is -2.41. The summed E-state index contributed by atoms with van der Waals surface area (Å²) in [5.41, 5.74) is 0.513. The Morgan fingerprint density at radius 2 is 1.32 bits per heavy atom. The highest BCUT2D eigenvalue weighted by Gasteiger charge is 2.49. The number of rotatable bonds is 5. The van der Waals surface area contributed by atoms with Gasteiger partial charge in [-0.25, -0.2) is 9.59 Å². The van der Waals surface area contributed by atoms with Crippen LogP contribution in [0, 0.1) is 0 Å². The van der Waals surface area contributed by atoms with Crippen LogP contribution in [0.3, 0.4) is 0 Å². The van der Waals surface area contributed by atoms with Crippen molar-refractivity contribution in [1.82, 2.24) is 0 Å². The van der Waals surface area contributed by atoms with E-state index in [0.29, 0.717) is 0 Å². The van der Waals surface area contributed by atoms with Crippen molar-refractivity contribution in [3.8, 4) is 0 Å². The molecule has 0 bridgehead atoms. The Bertz CT molecular complexity index is 799. The molecular weight excluding hydrogens is 432 g/mol. The van der Waals surface area contributed by atoms with Gasteiger partial charge in [0.15, 0.2) is 18.5 Å². The van der Waals surface area contributed by atoms with Crippen LogP contribution in [0.4, 0.5) is 0 Å². The molecule has 5 atom stereocenters. The summed E-state index contributed by atoms with van der Waals surface area (Å²) in [5.74, 6) is -1.45.